The summed E-state index contributed by atoms with van der Waals surface area (Å²) >= 11 is 0. The number of nitrogens with one attached hydrogen (secondary N) is 1. The van der Waals surface area contributed by atoms with Crippen molar-refractivity contribution in [1.29, 1.82) is 0 Å². The minimum absolute atomic E-state index is 0.0366. The number of fused-ring (bicyclic) bond motifs is 1. The first-order chi connectivity index (χ1) is 13.0. The summed E-state index contributed by atoms with van der Waals surface area (Å²) in [5.41, 5.74) is 5.13. The fraction of sp³-hybridized carbons (Fsp3) is 0.391. The van der Waals surface area contributed by atoms with Gasteiger partial charge in [0.15, 0.2) is 0 Å². The molecule has 1 N–H and O–H groups in total. The third-order valence-corrected chi connectivity index (χ3v) is 4.91. The fourth-order valence-electron chi connectivity index (χ4n) is 3.48. The standard InChI is InChI=1S/C23H29N3O/c1-5-6-18-8-10-19(11-9-18)23(16(2)3)24-14-20-13-22(27)26-15-17(4)7-12-21(26)25-20/h7-13,15-16,23-24H,5-6,14H2,1-4H3/t23-/m1/s1. The van der Waals surface area contributed by atoms with E-state index in [1.807, 2.05) is 25.3 Å². The van der Waals surface area contributed by atoms with Gasteiger partial charge in [-0.05, 0) is 42.0 Å². The highest BCUT2D eigenvalue weighted by Crippen LogP contribution is 2.23. The molecule has 2 aromatic heterocycles. The van der Waals surface area contributed by atoms with Crippen molar-refractivity contribution in [3.63, 3.8) is 0 Å². The predicted molar refractivity (Wildman–Crippen MR) is 111 cm³/mol. The topological polar surface area (TPSA) is 46.4 Å². The van der Waals surface area contributed by atoms with Crippen LogP contribution in [0.3, 0.4) is 0 Å². The second-order valence-corrected chi connectivity index (χ2v) is 7.61. The highest BCUT2D eigenvalue weighted by Gasteiger charge is 2.16. The quantitative estimate of drug-likeness (QED) is 0.675. The third-order valence-electron chi connectivity index (χ3n) is 4.91. The van der Waals surface area contributed by atoms with Crippen LogP contribution in [0.25, 0.3) is 5.65 Å². The molecule has 0 radical (unpaired) electrons. The van der Waals surface area contributed by atoms with Gasteiger partial charge in [-0.25, -0.2) is 4.98 Å². The molecule has 3 rings (SSSR count). The molecule has 1 atom stereocenters. The van der Waals surface area contributed by atoms with E-state index in [4.69, 9.17) is 0 Å². The first-order valence-corrected chi connectivity index (χ1v) is 9.79. The summed E-state index contributed by atoms with van der Waals surface area (Å²) < 4.78 is 1.60. The Bertz CT molecular complexity index is 958. The molecular weight excluding hydrogens is 334 g/mol. The summed E-state index contributed by atoms with van der Waals surface area (Å²) in [5.74, 6) is 0.436. The molecule has 0 bridgehead atoms. The predicted octanol–water partition coefficient (Wildman–Crippen LogP) is 4.44. The molecule has 0 aliphatic rings. The van der Waals surface area contributed by atoms with Crippen LogP contribution in [-0.4, -0.2) is 9.38 Å². The molecule has 0 spiro atoms. The number of benzene rings is 1. The van der Waals surface area contributed by atoms with Crippen molar-refractivity contribution in [2.75, 3.05) is 0 Å². The van der Waals surface area contributed by atoms with Gasteiger partial charge in [-0.3, -0.25) is 9.20 Å². The van der Waals surface area contributed by atoms with Crippen LogP contribution in [0.2, 0.25) is 0 Å². The number of aromatic nitrogens is 2. The number of hydrogen-bond acceptors (Lipinski definition) is 3. The number of nitrogens with zero attached hydrogens (tertiary/aromatic N) is 2. The third kappa shape index (κ3) is 4.64. The van der Waals surface area contributed by atoms with Crippen molar-refractivity contribution < 1.29 is 0 Å². The van der Waals surface area contributed by atoms with Crippen LogP contribution in [0.5, 0.6) is 0 Å². The minimum atomic E-state index is -0.0366. The van der Waals surface area contributed by atoms with Gasteiger partial charge >= 0.3 is 0 Å². The van der Waals surface area contributed by atoms with E-state index in [1.165, 1.54) is 11.1 Å². The largest absolute Gasteiger partial charge is 0.304 e. The number of rotatable bonds is 7. The Morgan fingerprint density at radius 3 is 2.52 bits per heavy atom. The van der Waals surface area contributed by atoms with Gasteiger partial charge in [0, 0.05) is 24.8 Å². The Morgan fingerprint density at radius 2 is 1.85 bits per heavy atom. The monoisotopic (exact) mass is 363 g/mol. The second-order valence-electron chi connectivity index (χ2n) is 7.61. The van der Waals surface area contributed by atoms with Gasteiger partial charge in [-0.2, -0.15) is 0 Å². The van der Waals surface area contributed by atoms with E-state index in [-0.39, 0.29) is 11.6 Å². The Morgan fingerprint density at radius 1 is 1.11 bits per heavy atom. The van der Waals surface area contributed by atoms with E-state index < -0.39 is 0 Å². The Kier molecular flexibility index (Phi) is 6.07. The van der Waals surface area contributed by atoms with E-state index in [2.05, 4.69) is 55.3 Å². The number of aryl methyl sites for hydroxylation is 2. The lowest BCUT2D eigenvalue weighted by molar-refractivity contribution is 0.408. The van der Waals surface area contributed by atoms with Crippen LogP contribution < -0.4 is 10.9 Å². The molecule has 0 saturated carbocycles. The summed E-state index contributed by atoms with van der Waals surface area (Å²) in [6, 6.07) is 14.6. The van der Waals surface area contributed by atoms with Gasteiger partial charge in [-0.1, -0.05) is 57.5 Å². The molecule has 142 valence electrons. The molecule has 0 unspecified atom stereocenters. The van der Waals surface area contributed by atoms with E-state index in [1.54, 1.807) is 10.5 Å². The summed E-state index contributed by atoms with van der Waals surface area (Å²) in [7, 11) is 0. The SMILES string of the molecule is CCCc1ccc([C@H](NCc2cc(=O)n3cc(C)ccc3n2)C(C)C)cc1. The molecule has 1 aromatic carbocycles. The summed E-state index contributed by atoms with van der Waals surface area (Å²) in [4.78, 5) is 17.0. The second kappa shape index (κ2) is 8.49. The lowest BCUT2D eigenvalue weighted by Gasteiger charge is -2.23. The lowest BCUT2D eigenvalue weighted by Crippen LogP contribution is -2.27. The van der Waals surface area contributed by atoms with Crippen LogP contribution in [-0.2, 0) is 13.0 Å². The molecule has 0 aliphatic heterocycles. The molecule has 2 heterocycles. The molecule has 0 saturated heterocycles. The molecule has 4 nitrogen and oxygen atoms in total. The van der Waals surface area contributed by atoms with Gasteiger partial charge in [-0.15, -0.1) is 0 Å². The van der Waals surface area contributed by atoms with Crippen molar-refractivity contribution in [2.45, 2.75) is 53.1 Å². The first-order valence-electron chi connectivity index (χ1n) is 9.79. The first kappa shape index (κ1) is 19.3. The maximum atomic E-state index is 12.4. The van der Waals surface area contributed by atoms with Gasteiger partial charge < -0.3 is 5.32 Å². The Balaban J connectivity index is 1.79. The van der Waals surface area contributed by atoms with Gasteiger partial charge in [0.05, 0.1) is 5.69 Å². The summed E-state index contributed by atoms with van der Waals surface area (Å²) in [6.45, 7) is 9.17. The summed E-state index contributed by atoms with van der Waals surface area (Å²) in [6.07, 6.45) is 4.11. The van der Waals surface area contributed by atoms with Crippen LogP contribution >= 0.6 is 0 Å². The van der Waals surface area contributed by atoms with Gasteiger partial charge in [0.2, 0.25) is 0 Å². The fourth-order valence-corrected chi connectivity index (χ4v) is 3.48. The van der Waals surface area contributed by atoms with Crippen LogP contribution in [0.1, 0.15) is 55.6 Å². The highest BCUT2D eigenvalue weighted by molar-refractivity contribution is 5.40. The minimum Gasteiger partial charge on any atom is -0.304 e. The molecule has 0 amide bonds. The number of hydrogen-bond donors (Lipinski definition) is 1. The van der Waals surface area contributed by atoms with E-state index in [0.29, 0.717) is 18.1 Å². The molecule has 0 aliphatic carbocycles. The van der Waals surface area contributed by atoms with Crippen molar-refractivity contribution in [1.82, 2.24) is 14.7 Å². The van der Waals surface area contributed by atoms with Crippen LogP contribution in [0, 0.1) is 12.8 Å². The van der Waals surface area contributed by atoms with Crippen LogP contribution in [0.4, 0.5) is 0 Å². The molecule has 27 heavy (non-hydrogen) atoms. The Hall–Kier alpha value is -2.46. The zero-order valence-electron chi connectivity index (χ0n) is 16.7. The van der Waals surface area contributed by atoms with E-state index in [9.17, 15) is 4.79 Å². The maximum Gasteiger partial charge on any atom is 0.258 e. The van der Waals surface area contributed by atoms with E-state index >= 15 is 0 Å². The lowest BCUT2D eigenvalue weighted by atomic mass is 9.94. The Labute approximate surface area is 161 Å². The smallest absolute Gasteiger partial charge is 0.258 e. The average molecular weight is 364 g/mol. The van der Waals surface area contributed by atoms with Gasteiger partial charge in [0.25, 0.3) is 5.56 Å². The molecular formula is C23H29N3O. The van der Waals surface area contributed by atoms with Crippen molar-refractivity contribution in [2.24, 2.45) is 5.92 Å². The van der Waals surface area contributed by atoms with E-state index in [0.717, 1.165) is 24.1 Å². The van der Waals surface area contributed by atoms with Gasteiger partial charge in [0.1, 0.15) is 5.65 Å². The van der Waals surface area contributed by atoms with Crippen molar-refractivity contribution in [3.05, 3.63) is 81.4 Å². The van der Waals surface area contributed by atoms with Crippen molar-refractivity contribution >= 4 is 5.65 Å². The molecule has 4 heteroatoms. The average Bonchev–Trinajstić information content (AvgIpc) is 2.64. The zero-order chi connectivity index (χ0) is 19.4. The zero-order valence-corrected chi connectivity index (χ0v) is 16.7. The molecule has 0 fully saturated rings. The molecule has 3 aromatic rings. The highest BCUT2D eigenvalue weighted by atomic mass is 16.1. The van der Waals surface area contributed by atoms with Crippen LogP contribution in [0.15, 0.2) is 53.5 Å². The normalized spacial score (nSPS) is 12.6. The van der Waals surface area contributed by atoms with Crippen molar-refractivity contribution in [3.8, 4) is 0 Å². The maximum absolute atomic E-state index is 12.4. The summed E-state index contributed by atoms with van der Waals surface area (Å²) in [5, 5.41) is 3.60. The number of pyridine rings is 1.